The van der Waals surface area contributed by atoms with Crippen LogP contribution in [0.2, 0.25) is 0 Å². The lowest BCUT2D eigenvalue weighted by Gasteiger charge is -2.27. The van der Waals surface area contributed by atoms with E-state index in [9.17, 15) is 9.59 Å². The van der Waals surface area contributed by atoms with Gasteiger partial charge < -0.3 is 15.4 Å². The molecular formula is C20H22N6O3. The second-order valence-corrected chi connectivity index (χ2v) is 7.53. The molecule has 0 aliphatic carbocycles. The Kier molecular flexibility index (Phi) is 4.33. The van der Waals surface area contributed by atoms with Gasteiger partial charge in [-0.25, -0.2) is 4.79 Å². The lowest BCUT2D eigenvalue weighted by molar-refractivity contribution is 0.1000. The molecule has 2 saturated heterocycles. The first-order chi connectivity index (χ1) is 14.1. The van der Waals surface area contributed by atoms with Crippen LogP contribution in [-0.4, -0.2) is 54.1 Å². The number of nitrogens with one attached hydrogen (secondary N) is 2. The molecule has 3 aliphatic rings. The highest BCUT2D eigenvalue weighted by atomic mass is 16.5. The third kappa shape index (κ3) is 3.18. The molecule has 0 radical (unpaired) electrons. The van der Waals surface area contributed by atoms with Crippen molar-refractivity contribution in [2.24, 2.45) is 5.73 Å². The van der Waals surface area contributed by atoms with Crippen LogP contribution in [0.5, 0.6) is 5.88 Å². The molecule has 150 valence electrons. The molecular weight excluding hydrogens is 372 g/mol. The average Bonchev–Trinajstić information content (AvgIpc) is 3.35. The maximum absolute atomic E-state index is 12.9. The number of hydrogen-bond acceptors (Lipinski definition) is 6. The number of fused-ring (bicyclic) bond motifs is 3. The van der Waals surface area contributed by atoms with Gasteiger partial charge in [-0.2, -0.15) is 4.98 Å². The summed E-state index contributed by atoms with van der Waals surface area (Å²) in [5, 5.41) is 0. The summed E-state index contributed by atoms with van der Waals surface area (Å²) >= 11 is 0. The molecule has 4 N–H and O–H groups in total. The number of amides is 3. The standard InChI is InChI=1S/C20H22N6O3/c21-18(27)13-3-1-2-12(8-13)10-25-6-7-26(20(25)28)17-5-4-14-15-9-22-24-16(15)11-29-19(14)23-17/h1-5,8,15-16,22,24H,6-7,9-11H2,(H2,21,27). The molecule has 1 aromatic carbocycles. The van der Waals surface area contributed by atoms with E-state index in [4.69, 9.17) is 10.5 Å². The van der Waals surface area contributed by atoms with Crippen LogP contribution in [-0.2, 0) is 6.54 Å². The van der Waals surface area contributed by atoms with Crippen molar-refractivity contribution < 1.29 is 14.3 Å². The largest absolute Gasteiger partial charge is 0.476 e. The highest BCUT2D eigenvalue weighted by Gasteiger charge is 2.37. The van der Waals surface area contributed by atoms with Gasteiger partial charge in [-0.3, -0.25) is 20.5 Å². The molecule has 3 aliphatic heterocycles. The van der Waals surface area contributed by atoms with E-state index in [2.05, 4.69) is 15.8 Å². The Morgan fingerprint density at radius 3 is 3.03 bits per heavy atom. The van der Waals surface area contributed by atoms with Crippen molar-refractivity contribution in [2.45, 2.75) is 18.5 Å². The molecule has 0 bridgehead atoms. The SMILES string of the molecule is NC(=O)c1cccc(CN2CCN(c3ccc4c(n3)OCC3NNCC43)C2=O)c1. The number of aromatic nitrogens is 1. The number of urea groups is 1. The maximum atomic E-state index is 12.9. The van der Waals surface area contributed by atoms with Gasteiger partial charge in [0.2, 0.25) is 11.8 Å². The lowest BCUT2D eigenvalue weighted by atomic mass is 9.92. The molecule has 9 nitrogen and oxygen atoms in total. The van der Waals surface area contributed by atoms with Gasteiger partial charge in [0.1, 0.15) is 12.4 Å². The summed E-state index contributed by atoms with van der Waals surface area (Å²) in [6, 6.07) is 11.1. The predicted molar refractivity (Wildman–Crippen MR) is 106 cm³/mol. The number of rotatable bonds is 4. The Bertz CT molecular complexity index is 980. The zero-order valence-electron chi connectivity index (χ0n) is 15.8. The van der Waals surface area contributed by atoms with Crippen LogP contribution in [0.4, 0.5) is 10.6 Å². The molecule has 5 rings (SSSR count). The first kappa shape index (κ1) is 17.9. The number of carbonyl (C=O) groups is 2. The molecule has 4 heterocycles. The fraction of sp³-hybridized carbons (Fsp3) is 0.350. The topological polar surface area (TPSA) is 113 Å². The van der Waals surface area contributed by atoms with E-state index in [1.807, 2.05) is 18.2 Å². The van der Waals surface area contributed by atoms with Crippen molar-refractivity contribution in [1.82, 2.24) is 20.7 Å². The Hall–Kier alpha value is -3.17. The van der Waals surface area contributed by atoms with Crippen LogP contribution in [0.25, 0.3) is 0 Å². The molecule has 2 atom stereocenters. The fourth-order valence-electron chi connectivity index (χ4n) is 4.17. The van der Waals surface area contributed by atoms with E-state index in [0.717, 1.165) is 17.7 Å². The average molecular weight is 394 g/mol. The molecule has 0 spiro atoms. The van der Waals surface area contributed by atoms with Gasteiger partial charge in [0.05, 0.1) is 6.04 Å². The number of nitrogens with two attached hydrogens (primary N) is 1. The van der Waals surface area contributed by atoms with E-state index >= 15 is 0 Å². The Morgan fingerprint density at radius 1 is 1.28 bits per heavy atom. The normalized spacial score (nSPS) is 23.0. The van der Waals surface area contributed by atoms with Crippen LogP contribution < -0.4 is 26.2 Å². The zero-order valence-corrected chi connectivity index (χ0v) is 15.8. The van der Waals surface area contributed by atoms with Crippen LogP contribution in [0, 0.1) is 0 Å². The highest BCUT2D eigenvalue weighted by molar-refractivity contribution is 5.94. The summed E-state index contributed by atoms with van der Waals surface area (Å²) in [5.41, 5.74) is 14.1. The van der Waals surface area contributed by atoms with E-state index in [0.29, 0.717) is 49.4 Å². The second-order valence-electron chi connectivity index (χ2n) is 7.53. The van der Waals surface area contributed by atoms with Gasteiger partial charge in [0.25, 0.3) is 0 Å². The monoisotopic (exact) mass is 394 g/mol. The van der Waals surface area contributed by atoms with Gasteiger partial charge in [-0.1, -0.05) is 12.1 Å². The summed E-state index contributed by atoms with van der Waals surface area (Å²) in [7, 11) is 0. The number of hydrazine groups is 1. The van der Waals surface area contributed by atoms with Gasteiger partial charge in [0, 0.05) is 43.2 Å². The first-order valence-corrected chi connectivity index (χ1v) is 9.67. The quantitative estimate of drug-likeness (QED) is 0.699. The third-order valence-corrected chi connectivity index (χ3v) is 5.73. The Labute approximate surface area is 167 Å². The fourth-order valence-corrected chi connectivity index (χ4v) is 4.17. The van der Waals surface area contributed by atoms with Crippen molar-refractivity contribution in [3.8, 4) is 5.88 Å². The number of primary amides is 1. The van der Waals surface area contributed by atoms with Crippen molar-refractivity contribution in [3.63, 3.8) is 0 Å². The minimum absolute atomic E-state index is 0.111. The van der Waals surface area contributed by atoms with E-state index in [1.54, 1.807) is 28.0 Å². The van der Waals surface area contributed by atoms with Gasteiger partial charge in [-0.15, -0.1) is 0 Å². The lowest BCUT2D eigenvalue weighted by Crippen LogP contribution is -2.39. The minimum Gasteiger partial charge on any atom is -0.476 e. The predicted octanol–water partition coefficient (Wildman–Crippen LogP) is 0.575. The number of benzene rings is 1. The van der Waals surface area contributed by atoms with Gasteiger partial charge >= 0.3 is 6.03 Å². The van der Waals surface area contributed by atoms with Crippen LogP contribution in [0.15, 0.2) is 36.4 Å². The number of anilines is 1. The summed E-state index contributed by atoms with van der Waals surface area (Å²) < 4.78 is 5.82. The number of ether oxygens (including phenoxy) is 1. The summed E-state index contributed by atoms with van der Waals surface area (Å²) in [4.78, 5) is 32.4. The second kappa shape index (κ2) is 7.02. The molecule has 1 aromatic heterocycles. The summed E-state index contributed by atoms with van der Waals surface area (Å²) in [6.07, 6.45) is 0. The van der Waals surface area contributed by atoms with Crippen molar-refractivity contribution in [1.29, 1.82) is 0 Å². The first-order valence-electron chi connectivity index (χ1n) is 9.67. The molecule has 29 heavy (non-hydrogen) atoms. The van der Waals surface area contributed by atoms with Gasteiger partial charge in [-0.05, 0) is 29.8 Å². The summed E-state index contributed by atoms with van der Waals surface area (Å²) in [6.45, 7) is 2.94. The number of pyridine rings is 1. The maximum Gasteiger partial charge on any atom is 0.326 e. The number of carbonyl (C=O) groups excluding carboxylic acids is 2. The Morgan fingerprint density at radius 2 is 2.17 bits per heavy atom. The molecule has 3 amide bonds. The van der Waals surface area contributed by atoms with E-state index in [-0.39, 0.29) is 12.1 Å². The third-order valence-electron chi connectivity index (χ3n) is 5.73. The van der Waals surface area contributed by atoms with Crippen molar-refractivity contribution >= 4 is 17.8 Å². The zero-order chi connectivity index (χ0) is 20.0. The Balaban J connectivity index is 1.33. The van der Waals surface area contributed by atoms with Crippen LogP contribution in [0.3, 0.4) is 0 Å². The van der Waals surface area contributed by atoms with E-state index < -0.39 is 5.91 Å². The van der Waals surface area contributed by atoms with Crippen LogP contribution in [0.1, 0.15) is 27.4 Å². The molecule has 2 aromatic rings. The molecule has 2 fully saturated rings. The minimum atomic E-state index is -0.477. The van der Waals surface area contributed by atoms with Gasteiger partial charge in [0.15, 0.2) is 0 Å². The van der Waals surface area contributed by atoms with E-state index in [1.165, 1.54) is 0 Å². The molecule has 0 saturated carbocycles. The smallest absolute Gasteiger partial charge is 0.326 e. The highest BCUT2D eigenvalue weighted by Crippen LogP contribution is 2.35. The number of nitrogens with zero attached hydrogens (tertiary/aromatic N) is 3. The van der Waals surface area contributed by atoms with Crippen molar-refractivity contribution in [3.05, 3.63) is 53.1 Å². The van der Waals surface area contributed by atoms with Crippen LogP contribution >= 0.6 is 0 Å². The van der Waals surface area contributed by atoms with Crippen molar-refractivity contribution in [2.75, 3.05) is 31.1 Å². The number of hydrogen-bond donors (Lipinski definition) is 3. The molecule has 2 unspecified atom stereocenters. The summed E-state index contributed by atoms with van der Waals surface area (Å²) in [5.74, 6) is 1.05. The molecule has 9 heteroatoms.